The second-order valence-corrected chi connectivity index (χ2v) is 13.8. The Morgan fingerprint density at radius 3 is 2.63 bits per heavy atom. The van der Waals surface area contributed by atoms with Crippen LogP contribution >= 0.6 is 0 Å². The van der Waals surface area contributed by atoms with Gasteiger partial charge in [-0.25, -0.2) is 9.59 Å². The highest BCUT2D eigenvalue weighted by Gasteiger charge is 2.70. The average Bonchev–Trinajstić information content (AvgIpc) is 3.34. The standard InChI is InChI=1S/C30H46N2O6/c1-28-9-7-21(38-27(35)32-12-4-11-31(3)13-14-32)16-20(28)5-6-23-24(28)17-25(33)29(2)22(8-10-30(23,29)36)19-15-26(34)37-18-19/h15,20-25,33,36H,4-14,16-18H2,1-3H3. The van der Waals surface area contributed by atoms with Gasteiger partial charge in [0.1, 0.15) is 12.7 Å². The van der Waals surface area contributed by atoms with Crippen molar-refractivity contribution in [2.75, 3.05) is 39.8 Å². The molecule has 0 spiro atoms. The number of amides is 1. The van der Waals surface area contributed by atoms with Gasteiger partial charge in [0.05, 0.1) is 11.7 Å². The Kier molecular flexibility index (Phi) is 6.63. The van der Waals surface area contributed by atoms with Crippen LogP contribution in [0.4, 0.5) is 4.79 Å². The molecule has 0 radical (unpaired) electrons. The lowest BCUT2D eigenvalue weighted by molar-refractivity contribution is -0.245. The summed E-state index contributed by atoms with van der Waals surface area (Å²) in [6, 6.07) is 0. The van der Waals surface area contributed by atoms with Crippen molar-refractivity contribution >= 4 is 12.1 Å². The maximum absolute atomic E-state index is 13.0. The van der Waals surface area contributed by atoms with E-state index in [0.717, 1.165) is 76.7 Å². The molecule has 0 bridgehead atoms. The number of hydrogen-bond donors (Lipinski definition) is 2. The number of carbonyl (C=O) groups is 2. The summed E-state index contributed by atoms with van der Waals surface area (Å²) < 4.78 is 11.3. The second-order valence-electron chi connectivity index (χ2n) is 13.8. The fraction of sp³-hybridized carbons (Fsp3) is 0.867. The van der Waals surface area contributed by atoms with Crippen LogP contribution in [0.25, 0.3) is 0 Å². The van der Waals surface area contributed by atoms with E-state index in [1.54, 1.807) is 6.08 Å². The lowest BCUT2D eigenvalue weighted by Gasteiger charge is -2.65. The summed E-state index contributed by atoms with van der Waals surface area (Å²) in [6.45, 7) is 8.08. The van der Waals surface area contributed by atoms with Crippen LogP contribution in [-0.2, 0) is 14.3 Å². The van der Waals surface area contributed by atoms with Gasteiger partial charge in [0.15, 0.2) is 0 Å². The predicted molar refractivity (Wildman–Crippen MR) is 141 cm³/mol. The van der Waals surface area contributed by atoms with Crippen molar-refractivity contribution in [2.45, 2.75) is 89.4 Å². The maximum atomic E-state index is 13.0. The molecule has 1 amide bonds. The molecule has 1 saturated heterocycles. The molecule has 4 saturated carbocycles. The topological polar surface area (TPSA) is 99.5 Å². The average molecular weight is 531 g/mol. The van der Waals surface area contributed by atoms with Crippen LogP contribution in [0.1, 0.15) is 71.6 Å². The number of carbonyl (C=O) groups excluding carboxylic acids is 2. The van der Waals surface area contributed by atoms with Gasteiger partial charge in [-0.3, -0.25) is 0 Å². The summed E-state index contributed by atoms with van der Waals surface area (Å²) in [5.41, 5.74) is -0.683. The molecule has 8 nitrogen and oxygen atoms in total. The number of aliphatic hydroxyl groups excluding tert-OH is 1. The van der Waals surface area contributed by atoms with Gasteiger partial charge in [-0.15, -0.1) is 0 Å². The molecule has 0 aromatic heterocycles. The highest BCUT2D eigenvalue weighted by Crippen LogP contribution is 2.70. The van der Waals surface area contributed by atoms with Crippen LogP contribution in [-0.4, -0.2) is 89.7 Å². The van der Waals surface area contributed by atoms with E-state index >= 15 is 0 Å². The molecule has 0 aromatic carbocycles. The van der Waals surface area contributed by atoms with Crippen molar-refractivity contribution < 1.29 is 29.3 Å². The summed E-state index contributed by atoms with van der Waals surface area (Å²) >= 11 is 0. The Bertz CT molecular complexity index is 1000. The monoisotopic (exact) mass is 530 g/mol. The maximum Gasteiger partial charge on any atom is 0.410 e. The number of esters is 1. The molecule has 5 fully saturated rings. The summed E-state index contributed by atoms with van der Waals surface area (Å²) in [4.78, 5) is 28.9. The van der Waals surface area contributed by atoms with Crippen molar-refractivity contribution in [2.24, 2.45) is 34.5 Å². The van der Waals surface area contributed by atoms with Crippen LogP contribution in [0.5, 0.6) is 0 Å². The van der Waals surface area contributed by atoms with Crippen molar-refractivity contribution in [3.63, 3.8) is 0 Å². The number of hydrogen-bond acceptors (Lipinski definition) is 7. The number of rotatable bonds is 2. The molecule has 2 N–H and O–H groups in total. The van der Waals surface area contributed by atoms with Crippen molar-refractivity contribution in [1.82, 2.24) is 9.80 Å². The molecular formula is C30H46N2O6. The van der Waals surface area contributed by atoms with Gasteiger partial charge in [0, 0.05) is 31.1 Å². The van der Waals surface area contributed by atoms with Crippen LogP contribution in [0.2, 0.25) is 0 Å². The number of nitrogens with zero attached hydrogens (tertiary/aromatic N) is 2. The van der Waals surface area contributed by atoms with Gasteiger partial charge < -0.3 is 29.5 Å². The summed E-state index contributed by atoms with van der Waals surface area (Å²) in [5.74, 6) is 0.451. The molecule has 6 rings (SSSR count). The third-order valence-corrected chi connectivity index (χ3v) is 12.3. The molecule has 4 aliphatic carbocycles. The van der Waals surface area contributed by atoms with Crippen LogP contribution in [0.15, 0.2) is 11.6 Å². The van der Waals surface area contributed by atoms with Crippen LogP contribution in [0.3, 0.4) is 0 Å². The third kappa shape index (κ3) is 3.95. The fourth-order valence-corrected chi connectivity index (χ4v) is 9.90. The Morgan fingerprint density at radius 1 is 1.05 bits per heavy atom. The van der Waals surface area contributed by atoms with E-state index in [-0.39, 0.29) is 47.9 Å². The third-order valence-electron chi connectivity index (χ3n) is 12.3. The minimum absolute atomic E-state index is 0.0129. The van der Waals surface area contributed by atoms with Gasteiger partial charge in [-0.1, -0.05) is 13.8 Å². The van der Waals surface area contributed by atoms with E-state index in [1.807, 2.05) is 4.90 Å². The second kappa shape index (κ2) is 9.48. The Hall–Kier alpha value is -1.64. The van der Waals surface area contributed by atoms with Crippen LogP contribution < -0.4 is 0 Å². The molecule has 212 valence electrons. The molecule has 8 heteroatoms. The van der Waals surface area contributed by atoms with E-state index in [4.69, 9.17) is 9.47 Å². The Labute approximate surface area is 226 Å². The predicted octanol–water partition coefficient (Wildman–Crippen LogP) is 3.36. The molecule has 6 aliphatic rings. The van der Waals surface area contributed by atoms with Gasteiger partial charge in [0.2, 0.25) is 0 Å². The first kappa shape index (κ1) is 26.6. The Balaban J connectivity index is 1.16. The number of ether oxygens (including phenoxy) is 2. The number of cyclic esters (lactones) is 1. The molecule has 9 atom stereocenters. The first-order chi connectivity index (χ1) is 18.1. The Morgan fingerprint density at radius 2 is 1.87 bits per heavy atom. The van der Waals surface area contributed by atoms with Crippen LogP contribution in [0, 0.1) is 34.5 Å². The highest BCUT2D eigenvalue weighted by atomic mass is 16.6. The first-order valence-electron chi connectivity index (χ1n) is 15.0. The molecule has 2 aliphatic heterocycles. The minimum atomic E-state index is -0.955. The SMILES string of the molecule is CN1CCCN(C(=O)OC2CCC3(C)C(CCC4C3CC(O)C3(C)C(C5=CC(=O)OC5)CCC43O)C2)CC1. The van der Waals surface area contributed by atoms with Crippen molar-refractivity contribution in [3.8, 4) is 0 Å². The number of aliphatic hydroxyl groups is 2. The lowest BCUT2D eigenvalue weighted by Crippen LogP contribution is -2.67. The molecule has 2 heterocycles. The van der Waals surface area contributed by atoms with E-state index in [9.17, 15) is 19.8 Å². The zero-order valence-corrected chi connectivity index (χ0v) is 23.4. The van der Waals surface area contributed by atoms with E-state index in [0.29, 0.717) is 18.8 Å². The molecular weight excluding hydrogens is 484 g/mol. The normalized spacial score (nSPS) is 47.3. The molecule has 9 unspecified atom stereocenters. The lowest BCUT2D eigenvalue weighted by atomic mass is 9.42. The minimum Gasteiger partial charge on any atom is -0.458 e. The van der Waals surface area contributed by atoms with Gasteiger partial charge in [0.25, 0.3) is 0 Å². The summed E-state index contributed by atoms with van der Waals surface area (Å²) in [6.07, 6.45) is 8.45. The zero-order chi connectivity index (χ0) is 26.9. The first-order valence-corrected chi connectivity index (χ1v) is 15.0. The largest absolute Gasteiger partial charge is 0.458 e. The van der Waals surface area contributed by atoms with Gasteiger partial charge in [-0.2, -0.15) is 0 Å². The van der Waals surface area contributed by atoms with Crippen molar-refractivity contribution in [3.05, 3.63) is 11.6 Å². The van der Waals surface area contributed by atoms with E-state index in [1.165, 1.54) is 0 Å². The van der Waals surface area contributed by atoms with E-state index in [2.05, 4.69) is 25.8 Å². The summed E-state index contributed by atoms with van der Waals surface area (Å²) in [7, 11) is 2.10. The number of fused-ring (bicyclic) bond motifs is 5. The van der Waals surface area contributed by atoms with E-state index < -0.39 is 17.1 Å². The number of likely N-dealkylation sites (N-methyl/N-ethyl adjacent to an activating group) is 1. The fourth-order valence-electron chi connectivity index (χ4n) is 9.90. The van der Waals surface area contributed by atoms with Gasteiger partial charge in [-0.05, 0) is 106 Å². The molecule has 0 aromatic rings. The van der Waals surface area contributed by atoms with Gasteiger partial charge >= 0.3 is 12.1 Å². The van der Waals surface area contributed by atoms with Crippen molar-refractivity contribution in [1.29, 1.82) is 0 Å². The quantitative estimate of drug-likeness (QED) is 0.528. The highest BCUT2D eigenvalue weighted by molar-refractivity contribution is 5.85. The smallest absolute Gasteiger partial charge is 0.410 e. The summed E-state index contributed by atoms with van der Waals surface area (Å²) in [5, 5.41) is 24.1. The molecule has 38 heavy (non-hydrogen) atoms. The zero-order valence-electron chi connectivity index (χ0n) is 23.4.